The lowest BCUT2D eigenvalue weighted by Crippen LogP contribution is -2.69. The summed E-state index contributed by atoms with van der Waals surface area (Å²) >= 11 is 0. The van der Waals surface area contributed by atoms with Gasteiger partial charge in [0.25, 0.3) is 5.91 Å². The van der Waals surface area contributed by atoms with Crippen molar-refractivity contribution in [2.24, 2.45) is 11.7 Å². The first kappa shape index (κ1) is 11.6. The summed E-state index contributed by atoms with van der Waals surface area (Å²) in [7, 11) is 0. The second-order valence-electron chi connectivity index (χ2n) is 5.30. The largest absolute Gasteiger partial charge is 0.335 e. The molecule has 1 saturated heterocycles. The number of nitrogens with two attached hydrogens (primary N) is 1. The zero-order chi connectivity index (χ0) is 12.9. The zero-order valence-corrected chi connectivity index (χ0v) is 9.83. The van der Waals surface area contributed by atoms with Gasteiger partial charge in [0.15, 0.2) is 11.6 Å². The van der Waals surface area contributed by atoms with E-state index in [0.29, 0.717) is 19.0 Å². The summed E-state index contributed by atoms with van der Waals surface area (Å²) in [6.07, 6.45) is 2.26. The van der Waals surface area contributed by atoms with Crippen LogP contribution in [-0.2, 0) is 0 Å². The Bertz CT molecular complexity index is 508. The van der Waals surface area contributed by atoms with Crippen LogP contribution in [0.2, 0.25) is 0 Å². The number of likely N-dealkylation sites (tertiary alicyclic amines) is 1. The van der Waals surface area contributed by atoms with Gasteiger partial charge in [-0.1, -0.05) is 0 Å². The summed E-state index contributed by atoms with van der Waals surface area (Å²) < 4.78 is 25.8. The number of hydrogen-bond donors (Lipinski definition) is 1. The van der Waals surface area contributed by atoms with E-state index in [2.05, 4.69) is 0 Å². The Kier molecular flexibility index (Phi) is 2.41. The number of nitrogens with zero attached hydrogens (tertiary/aromatic N) is 1. The van der Waals surface area contributed by atoms with Crippen molar-refractivity contribution in [3.05, 3.63) is 35.4 Å². The zero-order valence-electron chi connectivity index (χ0n) is 9.83. The van der Waals surface area contributed by atoms with Crippen molar-refractivity contribution in [1.82, 2.24) is 4.90 Å². The quantitative estimate of drug-likeness (QED) is 0.867. The highest BCUT2D eigenvalue weighted by Gasteiger charge is 2.51. The van der Waals surface area contributed by atoms with Gasteiger partial charge in [0.1, 0.15) is 0 Å². The molecular weight excluding hydrogens is 238 g/mol. The summed E-state index contributed by atoms with van der Waals surface area (Å²) in [4.78, 5) is 13.6. The van der Waals surface area contributed by atoms with Crippen LogP contribution in [0.15, 0.2) is 18.2 Å². The van der Waals surface area contributed by atoms with Gasteiger partial charge in [-0.15, -0.1) is 0 Å². The maximum atomic E-state index is 13.0. The standard InChI is InChI=1S/C13H14F2N2O/c14-10-4-1-8(5-11(10)15)12(18)17-6-13(16,7-17)9-2-3-9/h1,4-5,9H,2-3,6-7,16H2. The highest BCUT2D eigenvalue weighted by Crippen LogP contribution is 2.43. The Morgan fingerprint density at radius 3 is 2.50 bits per heavy atom. The molecular formula is C13H14F2N2O. The first-order chi connectivity index (χ1) is 8.49. The molecule has 0 unspecified atom stereocenters. The van der Waals surface area contributed by atoms with E-state index in [1.807, 2.05) is 0 Å². The van der Waals surface area contributed by atoms with E-state index in [9.17, 15) is 13.6 Å². The number of benzene rings is 1. The molecule has 18 heavy (non-hydrogen) atoms. The summed E-state index contributed by atoms with van der Waals surface area (Å²) in [5.41, 5.74) is 6.06. The third kappa shape index (κ3) is 1.79. The van der Waals surface area contributed by atoms with Crippen LogP contribution in [0.4, 0.5) is 8.78 Å². The molecule has 2 aliphatic rings. The second kappa shape index (κ2) is 3.75. The van der Waals surface area contributed by atoms with E-state index >= 15 is 0 Å². The Hall–Kier alpha value is -1.49. The first-order valence-electron chi connectivity index (χ1n) is 6.03. The number of amides is 1. The molecule has 1 heterocycles. The van der Waals surface area contributed by atoms with Crippen molar-refractivity contribution < 1.29 is 13.6 Å². The molecule has 96 valence electrons. The maximum absolute atomic E-state index is 13.0. The average molecular weight is 252 g/mol. The minimum absolute atomic E-state index is 0.173. The van der Waals surface area contributed by atoms with Crippen molar-refractivity contribution in [2.45, 2.75) is 18.4 Å². The SMILES string of the molecule is NC1(C2CC2)CN(C(=O)c2ccc(F)c(F)c2)C1. The monoisotopic (exact) mass is 252 g/mol. The highest BCUT2D eigenvalue weighted by molar-refractivity contribution is 5.95. The molecule has 1 aromatic carbocycles. The lowest BCUT2D eigenvalue weighted by atomic mass is 9.85. The molecule has 0 radical (unpaired) electrons. The molecule has 1 aliphatic carbocycles. The molecule has 0 spiro atoms. The van der Waals surface area contributed by atoms with E-state index in [1.165, 1.54) is 6.07 Å². The van der Waals surface area contributed by atoms with Gasteiger partial charge in [-0.3, -0.25) is 4.79 Å². The molecule has 1 amide bonds. The summed E-state index contributed by atoms with van der Waals surface area (Å²) in [5, 5.41) is 0. The van der Waals surface area contributed by atoms with Crippen LogP contribution >= 0.6 is 0 Å². The molecule has 0 atom stereocenters. The molecule has 2 N–H and O–H groups in total. The van der Waals surface area contributed by atoms with Crippen LogP contribution < -0.4 is 5.73 Å². The molecule has 1 saturated carbocycles. The fourth-order valence-corrected chi connectivity index (χ4v) is 2.54. The predicted molar refractivity (Wildman–Crippen MR) is 61.9 cm³/mol. The Morgan fingerprint density at radius 1 is 1.28 bits per heavy atom. The van der Waals surface area contributed by atoms with Crippen LogP contribution in [0.1, 0.15) is 23.2 Å². The Labute approximate surface area is 104 Å². The van der Waals surface area contributed by atoms with Crippen molar-refractivity contribution in [3.8, 4) is 0 Å². The number of rotatable bonds is 2. The van der Waals surface area contributed by atoms with Crippen molar-refractivity contribution >= 4 is 5.91 Å². The normalized spacial score (nSPS) is 21.6. The number of halogens is 2. The molecule has 1 aliphatic heterocycles. The number of carbonyl (C=O) groups is 1. The van der Waals surface area contributed by atoms with Gasteiger partial charge in [-0.2, -0.15) is 0 Å². The lowest BCUT2D eigenvalue weighted by Gasteiger charge is -2.48. The number of carbonyl (C=O) groups excluding carboxylic acids is 1. The first-order valence-corrected chi connectivity index (χ1v) is 6.03. The van der Waals surface area contributed by atoms with Gasteiger partial charge < -0.3 is 10.6 Å². The van der Waals surface area contributed by atoms with Crippen LogP contribution in [0.3, 0.4) is 0 Å². The molecule has 5 heteroatoms. The van der Waals surface area contributed by atoms with Crippen molar-refractivity contribution in [1.29, 1.82) is 0 Å². The van der Waals surface area contributed by atoms with Crippen LogP contribution in [0.5, 0.6) is 0 Å². The summed E-state index contributed by atoms with van der Waals surface area (Å²) in [5.74, 6) is -1.70. The van der Waals surface area contributed by atoms with Crippen LogP contribution in [0, 0.1) is 17.6 Å². The lowest BCUT2D eigenvalue weighted by molar-refractivity contribution is 0.0350. The molecule has 1 aromatic rings. The molecule has 0 aromatic heterocycles. The second-order valence-corrected chi connectivity index (χ2v) is 5.30. The van der Waals surface area contributed by atoms with Gasteiger partial charge in [0.05, 0.1) is 5.54 Å². The Balaban J connectivity index is 1.70. The third-order valence-electron chi connectivity index (χ3n) is 3.81. The van der Waals surface area contributed by atoms with E-state index < -0.39 is 11.6 Å². The minimum atomic E-state index is -0.998. The van der Waals surface area contributed by atoms with Crippen LogP contribution in [-0.4, -0.2) is 29.4 Å². The molecule has 2 fully saturated rings. The highest BCUT2D eigenvalue weighted by atomic mass is 19.2. The topological polar surface area (TPSA) is 46.3 Å². The van der Waals surface area contributed by atoms with E-state index in [1.54, 1.807) is 4.90 Å². The van der Waals surface area contributed by atoms with Gasteiger partial charge >= 0.3 is 0 Å². The van der Waals surface area contributed by atoms with Gasteiger partial charge in [-0.25, -0.2) is 8.78 Å². The van der Waals surface area contributed by atoms with E-state index in [0.717, 1.165) is 25.0 Å². The van der Waals surface area contributed by atoms with Crippen molar-refractivity contribution in [3.63, 3.8) is 0 Å². The molecule has 0 bridgehead atoms. The fourth-order valence-electron chi connectivity index (χ4n) is 2.54. The Morgan fingerprint density at radius 2 is 1.94 bits per heavy atom. The maximum Gasteiger partial charge on any atom is 0.254 e. The van der Waals surface area contributed by atoms with Gasteiger partial charge in [0, 0.05) is 18.7 Å². The molecule has 3 rings (SSSR count). The molecule has 3 nitrogen and oxygen atoms in total. The number of hydrogen-bond acceptors (Lipinski definition) is 2. The van der Waals surface area contributed by atoms with Crippen molar-refractivity contribution in [2.75, 3.05) is 13.1 Å². The van der Waals surface area contributed by atoms with E-state index in [4.69, 9.17) is 5.73 Å². The summed E-state index contributed by atoms with van der Waals surface area (Å²) in [6, 6.07) is 3.21. The van der Waals surface area contributed by atoms with Gasteiger partial charge in [-0.05, 0) is 37.0 Å². The average Bonchev–Trinajstić information content (AvgIpc) is 3.12. The predicted octanol–water partition coefficient (Wildman–Crippen LogP) is 1.53. The minimum Gasteiger partial charge on any atom is -0.335 e. The van der Waals surface area contributed by atoms with Crippen LogP contribution in [0.25, 0.3) is 0 Å². The smallest absolute Gasteiger partial charge is 0.254 e. The third-order valence-corrected chi connectivity index (χ3v) is 3.81. The van der Waals surface area contributed by atoms with Gasteiger partial charge in [0.2, 0.25) is 0 Å². The van der Waals surface area contributed by atoms with E-state index in [-0.39, 0.29) is 17.0 Å². The fraction of sp³-hybridized carbons (Fsp3) is 0.462. The summed E-state index contributed by atoms with van der Waals surface area (Å²) in [6.45, 7) is 1.02.